The number of hydrogen-bond donors (Lipinski definition) is 3. The molecule has 112 valence electrons. The third-order valence-corrected chi connectivity index (χ3v) is 4.68. The van der Waals surface area contributed by atoms with E-state index in [0.29, 0.717) is 11.6 Å². The normalized spacial score (nSPS) is 26.6. The van der Waals surface area contributed by atoms with Gasteiger partial charge in [-0.25, -0.2) is 9.59 Å². The molecule has 2 fully saturated rings. The molecule has 1 aromatic rings. The number of carboxylic acid groups (broad SMARTS) is 1. The predicted molar refractivity (Wildman–Crippen MR) is 79.8 cm³/mol. The van der Waals surface area contributed by atoms with Crippen LogP contribution in [0.5, 0.6) is 0 Å². The predicted octanol–water partition coefficient (Wildman–Crippen LogP) is 3.35. The summed E-state index contributed by atoms with van der Waals surface area (Å²) < 4.78 is 0. The second-order valence-electron chi connectivity index (χ2n) is 5.91. The van der Waals surface area contributed by atoms with Crippen molar-refractivity contribution in [2.24, 2.45) is 11.8 Å². The number of amides is 2. The van der Waals surface area contributed by atoms with Crippen LogP contribution >= 0.6 is 11.6 Å². The topological polar surface area (TPSA) is 78.4 Å². The van der Waals surface area contributed by atoms with Crippen molar-refractivity contribution in [2.75, 3.05) is 5.32 Å². The third-order valence-electron chi connectivity index (χ3n) is 4.46. The molecule has 2 aliphatic rings. The lowest BCUT2D eigenvalue weighted by Crippen LogP contribution is -2.41. The Kier molecular flexibility index (Phi) is 3.76. The molecule has 2 amide bonds. The van der Waals surface area contributed by atoms with Crippen LogP contribution in [0.25, 0.3) is 0 Å². The number of nitrogens with one attached hydrogen (secondary N) is 2. The van der Waals surface area contributed by atoms with Gasteiger partial charge in [-0.15, -0.1) is 0 Å². The minimum absolute atomic E-state index is 0.0534. The Morgan fingerprint density at radius 3 is 2.62 bits per heavy atom. The molecular weight excluding hydrogens is 292 g/mol. The summed E-state index contributed by atoms with van der Waals surface area (Å²) >= 11 is 5.86. The van der Waals surface area contributed by atoms with Gasteiger partial charge in [0.15, 0.2) is 0 Å². The van der Waals surface area contributed by atoms with E-state index in [1.807, 2.05) is 0 Å². The van der Waals surface area contributed by atoms with Crippen LogP contribution in [0.2, 0.25) is 5.02 Å². The molecule has 5 nitrogen and oxygen atoms in total. The van der Waals surface area contributed by atoms with Gasteiger partial charge in [-0.2, -0.15) is 0 Å². The number of halogens is 1. The minimum Gasteiger partial charge on any atom is -0.478 e. The highest BCUT2D eigenvalue weighted by molar-refractivity contribution is 6.31. The first-order chi connectivity index (χ1) is 10.0. The summed E-state index contributed by atoms with van der Waals surface area (Å²) in [6.45, 7) is 0. The van der Waals surface area contributed by atoms with Crippen molar-refractivity contribution in [3.63, 3.8) is 0 Å². The van der Waals surface area contributed by atoms with Gasteiger partial charge in [0, 0.05) is 16.8 Å². The van der Waals surface area contributed by atoms with Gasteiger partial charge < -0.3 is 15.7 Å². The molecular formula is C15H17ClN2O3. The number of anilines is 1. The molecule has 3 rings (SSSR count). The molecule has 0 saturated heterocycles. The smallest absolute Gasteiger partial charge is 0.335 e. The van der Waals surface area contributed by atoms with Gasteiger partial charge in [0.2, 0.25) is 0 Å². The Labute approximate surface area is 127 Å². The first kappa shape index (κ1) is 14.2. The summed E-state index contributed by atoms with van der Waals surface area (Å²) in [5.74, 6) is 0.272. The van der Waals surface area contributed by atoms with Crippen LogP contribution in [0, 0.1) is 11.8 Å². The number of fused-ring (bicyclic) bond motifs is 2. The molecule has 2 saturated carbocycles. The molecule has 3 unspecified atom stereocenters. The van der Waals surface area contributed by atoms with Gasteiger partial charge in [0.05, 0.1) is 5.56 Å². The molecule has 0 radical (unpaired) electrons. The van der Waals surface area contributed by atoms with E-state index in [0.717, 1.165) is 12.3 Å². The monoisotopic (exact) mass is 308 g/mol. The maximum absolute atomic E-state index is 12.0. The van der Waals surface area contributed by atoms with Gasteiger partial charge in [-0.3, -0.25) is 0 Å². The number of carboxylic acids is 1. The zero-order chi connectivity index (χ0) is 15.0. The van der Waals surface area contributed by atoms with E-state index in [1.165, 1.54) is 37.5 Å². The van der Waals surface area contributed by atoms with Crippen molar-refractivity contribution in [3.05, 3.63) is 28.8 Å². The third kappa shape index (κ3) is 3.13. The quantitative estimate of drug-likeness (QED) is 0.801. The second kappa shape index (κ2) is 5.56. The highest BCUT2D eigenvalue weighted by atomic mass is 35.5. The first-order valence-corrected chi connectivity index (χ1v) is 7.50. The SMILES string of the molecule is O=C(Nc1cc(Cl)cc(C(=O)O)c1)NC1CC2CCC1C2. The number of urea groups is 1. The number of hydrogen-bond acceptors (Lipinski definition) is 2. The summed E-state index contributed by atoms with van der Waals surface area (Å²) in [5.41, 5.74) is 0.443. The van der Waals surface area contributed by atoms with Crippen molar-refractivity contribution >= 4 is 29.3 Å². The molecule has 0 aliphatic heterocycles. The zero-order valence-electron chi connectivity index (χ0n) is 11.4. The van der Waals surface area contributed by atoms with Gasteiger partial charge in [0.1, 0.15) is 0 Å². The van der Waals surface area contributed by atoms with Gasteiger partial charge in [-0.05, 0) is 49.3 Å². The van der Waals surface area contributed by atoms with E-state index in [2.05, 4.69) is 10.6 Å². The maximum atomic E-state index is 12.0. The average molecular weight is 309 g/mol. The Morgan fingerprint density at radius 1 is 1.19 bits per heavy atom. The summed E-state index contributed by atoms with van der Waals surface area (Å²) in [7, 11) is 0. The fraction of sp³-hybridized carbons (Fsp3) is 0.467. The lowest BCUT2D eigenvalue weighted by atomic mass is 9.95. The fourth-order valence-corrected chi connectivity index (χ4v) is 3.78. The van der Waals surface area contributed by atoms with Gasteiger partial charge >= 0.3 is 12.0 Å². The lowest BCUT2D eigenvalue weighted by molar-refractivity contribution is 0.0697. The van der Waals surface area contributed by atoms with Crippen LogP contribution < -0.4 is 10.6 Å². The molecule has 2 bridgehead atoms. The maximum Gasteiger partial charge on any atom is 0.335 e. The number of aromatic carboxylic acids is 1. The molecule has 0 spiro atoms. The van der Waals surface area contributed by atoms with Crippen LogP contribution in [-0.4, -0.2) is 23.1 Å². The molecule has 21 heavy (non-hydrogen) atoms. The molecule has 0 aromatic heterocycles. The lowest BCUT2D eigenvalue weighted by Gasteiger charge is -2.23. The van der Waals surface area contributed by atoms with Crippen molar-refractivity contribution in [3.8, 4) is 0 Å². The Bertz CT molecular complexity index is 590. The molecule has 6 heteroatoms. The molecule has 0 heterocycles. The largest absolute Gasteiger partial charge is 0.478 e. The van der Waals surface area contributed by atoms with Crippen LogP contribution in [-0.2, 0) is 0 Å². The van der Waals surface area contributed by atoms with E-state index in [4.69, 9.17) is 16.7 Å². The molecule has 1 aromatic carbocycles. The summed E-state index contributed by atoms with van der Waals surface area (Å²) in [5, 5.41) is 14.9. The molecule has 2 aliphatic carbocycles. The first-order valence-electron chi connectivity index (χ1n) is 7.12. The van der Waals surface area contributed by atoms with Crippen molar-refractivity contribution in [1.29, 1.82) is 0 Å². The van der Waals surface area contributed by atoms with Crippen molar-refractivity contribution < 1.29 is 14.7 Å². The van der Waals surface area contributed by atoms with E-state index in [9.17, 15) is 9.59 Å². The number of rotatable bonds is 3. The summed E-state index contributed by atoms with van der Waals surface area (Å²) in [6.07, 6.45) is 4.73. The number of benzene rings is 1. The summed E-state index contributed by atoms with van der Waals surface area (Å²) in [4.78, 5) is 23.0. The van der Waals surface area contributed by atoms with Crippen LogP contribution in [0.3, 0.4) is 0 Å². The average Bonchev–Trinajstić information content (AvgIpc) is 2.99. The number of carbonyl (C=O) groups is 2. The minimum atomic E-state index is -1.07. The van der Waals surface area contributed by atoms with E-state index in [1.54, 1.807) is 0 Å². The van der Waals surface area contributed by atoms with E-state index in [-0.39, 0.29) is 22.7 Å². The summed E-state index contributed by atoms with van der Waals surface area (Å²) in [6, 6.07) is 4.22. The van der Waals surface area contributed by atoms with Gasteiger partial charge in [0.25, 0.3) is 0 Å². The van der Waals surface area contributed by atoms with Crippen molar-refractivity contribution in [1.82, 2.24) is 5.32 Å². The highest BCUT2D eigenvalue weighted by Crippen LogP contribution is 2.44. The molecule has 3 atom stereocenters. The molecule has 3 N–H and O–H groups in total. The second-order valence-corrected chi connectivity index (χ2v) is 6.35. The fourth-order valence-electron chi connectivity index (χ4n) is 3.54. The highest BCUT2D eigenvalue weighted by Gasteiger charge is 2.40. The van der Waals surface area contributed by atoms with Crippen LogP contribution in [0.15, 0.2) is 18.2 Å². The standard InChI is InChI=1S/C15H17ClN2O3/c16-11-5-10(14(19)20)6-12(7-11)17-15(21)18-13-4-8-1-2-9(13)3-8/h5-9,13H,1-4H2,(H,19,20)(H2,17,18,21). The zero-order valence-corrected chi connectivity index (χ0v) is 12.2. The van der Waals surface area contributed by atoms with E-state index >= 15 is 0 Å². The van der Waals surface area contributed by atoms with E-state index < -0.39 is 5.97 Å². The van der Waals surface area contributed by atoms with Gasteiger partial charge in [-0.1, -0.05) is 18.0 Å². The number of carbonyl (C=O) groups excluding carboxylic acids is 1. The Balaban J connectivity index is 1.63. The van der Waals surface area contributed by atoms with Crippen molar-refractivity contribution in [2.45, 2.75) is 31.7 Å². The Morgan fingerprint density at radius 2 is 2.00 bits per heavy atom. The van der Waals surface area contributed by atoms with Crippen LogP contribution in [0.1, 0.15) is 36.0 Å². The van der Waals surface area contributed by atoms with Crippen LogP contribution in [0.4, 0.5) is 10.5 Å². The Hall–Kier alpha value is -1.75.